The van der Waals surface area contributed by atoms with E-state index in [1.54, 1.807) is 0 Å². The van der Waals surface area contributed by atoms with Gasteiger partial charge in [0.15, 0.2) is 0 Å². The first-order valence-electron chi connectivity index (χ1n) is 20.5. The molecule has 0 aromatic heterocycles. The Kier molecular flexibility index (Phi) is 7.59. The van der Waals surface area contributed by atoms with Crippen LogP contribution in [0.2, 0.25) is 0 Å². The molecule has 2 aliphatic heterocycles. The highest BCUT2D eigenvalue weighted by Crippen LogP contribution is 2.58. The molecule has 9 aromatic carbocycles. The van der Waals surface area contributed by atoms with E-state index >= 15 is 0 Å². The summed E-state index contributed by atoms with van der Waals surface area (Å²) in [5.74, 6) is 0. The van der Waals surface area contributed by atoms with Crippen LogP contribution in [0, 0.1) is 0 Å². The van der Waals surface area contributed by atoms with Crippen molar-refractivity contribution in [2.45, 2.75) is 38.5 Å². The van der Waals surface area contributed by atoms with Gasteiger partial charge in [-0.2, -0.15) is 0 Å². The Morgan fingerprint density at radius 3 is 0.879 bits per heavy atom. The molecule has 2 nitrogen and oxygen atoms in total. The van der Waals surface area contributed by atoms with Crippen molar-refractivity contribution in [3.05, 3.63) is 216 Å². The van der Waals surface area contributed by atoms with Gasteiger partial charge < -0.3 is 9.80 Å². The van der Waals surface area contributed by atoms with Crippen molar-refractivity contribution in [3.63, 3.8) is 0 Å². The van der Waals surface area contributed by atoms with E-state index < -0.39 is 0 Å². The minimum absolute atomic E-state index is 0.164. The second-order valence-electron chi connectivity index (χ2n) is 16.9. The van der Waals surface area contributed by atoms with Crippen molar-refractivity contribution in [3.8, 4) is 22.3 Å². The molecule has 9 aromatic rings. The van der Waals surface area contributed by atoms with Crippen molar-refractivity contribution in [1.82, 2.24) is 0 Å². The molecule has 11 rings (SSSR count). The topological polar surface area (TPSA) is 6.48 Å². The molecule has 0 fully saturated rings. The fourth-order valence-corrected chi connectivity index (χ4v) is 10.3. The quantitative estimate of drug-likeness (QED) is 0.166. The Morgan fingerprint density at radius 1 is 0.276 bits per heavy atom. The van der Waals surface area contributed by atoms with Crippen LogP contribution < -0.4 is 9.80 Å². The summed E-state index contributed by atoms with van der Waals surface area (Å²) in [6.07, 6.45) is 0. The zero-order valence-corrected chi connectivity index (χ0v) is 33.4. The number of fused-ring (bicyclic) bond motifs is 6. The van der Waals surface area contributed by atoms with Gasteiger partial charge in [0.1, 0.15) is 0 Å². The van der Waals surface area contributed by atoms with Crippen LogP contribution in [-0.2, 0) is 10.8 Å². The zero-order chi connectivity index (χ0) is 39.2. The summed E-state index contributed by atoms with van der Waals surface area (Å²) in [6.45, 7) is 9.45. The fourth-order valence-electron chi connectivity index (χ4n) is 10.3. The molecule has 2 heterocycles. The third kappa shape index (κ3) is 4.85. The molecule has 278 valence electrons. The molecule has 0 aliphatic carbocycles. The number of hydrogen-bond donors (Lipinski definition) is 0. The van der Waals surface area contributed by atoms with Crippen molar-refractivity contribution < 1.29 is 0 Å². The third-order valence-electron chi connectivity index (χ3n) is 13.0. The molecule has 0 spiro atoms. The highest BCUT2D eigenvalue weighted by Gasteiger charge is 2.39. The maximum atomic E-state index is 2.54. The largest absolute Gasteiger partial charge is 0.309 e. The second-order valence-corrected chi connectivity index (χ2v) is 16.9. The molecule has 58 heavy (non-hydrogen) atoms. The smallest absolute Gasteiger partial charge is 0.0546 e. The number of rotatable bonds is 4. The van der Waals surface area contributed by atoms with Gasteiger partial charge in [0.2, 0.25) is 0 Å². The molecule has 2 aliphatic rings. The lowest BCUT2D eigenvalue weighted by Crippen LogP contribution is -2.30. The van der Waals surface area contributed by atoms with Crippen LogP contribution in [0.3, 0.4) is 0 Å². The lowest BCUT2D eigenvalue weighted by Gasteiger charge is -2.43. The van der Waals surface area contributed by atoms with E-state index in [0.29, 0.717) is 0 Å². The van der Waals surface area contributed by atoms with Gasteiger partial charge in [-0.3, -0.25) is 0 Å². The van der Waals surface area contributed by atoms with Gasteiger partial charge in [0.05, 0.1) is 34.1 Å². The van der Waals surface area contributed by atoms with Crippen molar-refractivity contribution >= 4 is 55.7 Å². The standard InChI is InChI=1S/C56H44N2/c1-55(2)41-27-11-15-31-45(41)57(46-32-16-12-28-42(46)55)49-35-19-25-39-52(38-23-9-6-10-24-38)54-40(51(53(39)49)37-21-7-5-8-22-37)26-20-36-50(54)58-47-33-17-13-29-43(47)56(3,4)44-30-14-18-34-48(44)58/h5-36H,1-4H3. The summed E-state index contributed by atoms with van der Waals surface area (Å²) in [7, 11) is 0. The van der Waals surface area contributed by atoms with Gasteiger partial charge in [0, 0.05) is 21.6 Å². The first-order valence-corrected chi connectivity index (χ1v) is 20.5. The summed E-state index contributed by atoms with van der Waals surface area (Å²) >= 11 is 0. The predicted molar refractivity (Wildman–Crippen MR) is 246 cm³/mol. The summed E-state index contributed by atoms with van der Waals surface area (Å²) in [4.78, 5) is 5.07. The highest BCUT2D eigenvalue weighted by molar-refractivity contribution is 6.28. The van der Waals surface area contributed by atoms with Crippen LogP contribution in [0.15, 0.2) is 194 Å². The number of nitrogens with zero attached hydrogens (tertiary/aromatic N) is 2. The monoisotopic (exact) mass is 744 g/mol. The van der Waals surface area contributed by atoms with Crippen molar-refractivity contribution in [1.29, 1.82) is 0 Å². The predicted octanol–water partition coefficient (Wildman–Crippen LogP) is 15.5. The fraction of sp³-hybridized carbons (Fsp3) is 0.107. The first kappa shape index (κ1) is 34.4. The minimum atomic E-state index is -0.164. The Morgan fingerprint density at radius 2 is 0.552 bits per heavy atom. The highest BCUT2D eigenvalue weighted by atomic mass is 15.2. The molecule has 0 bridgehead atoms. The van der Waals surface area contributed by atoms with E-state index in [9.17, 15) is 0 Å². The summed E-state index contributed by atoms with van der Waals surface area (Å²) < 4.78 is 0. The molecule has 0 saturated heterocycles. The molecular formula is C56H44N2. The van der Waals surface area contributed by atoms with Crippen LogP contribution in [0.1, 0.15) is 49.9 Å². The third-order valence-corrected chi connectivity index (χ3v) is 13.0. The number of hydrogen-bond acceptors (Lipinski definition) is 2. The Hall–Kier alpha value is -6.90. The van der Waals surface area contributed by atoms with Gasteiger partial charge in [-0.1, -0.05) is 185 Å². The number of anilines is 6. The van der Waals surface area contributed by atoms with E-state index in [1.807, 2.05) is 0 Å². The van der Waals surface area contributed by atoms with E-state index in [-0.39, 0.29) is 10.8 Å². The summed E-state index contributed by atoms with van der Waals surface area (Å²) in [6, 6.07) is 72.0. The van der Waals surface area contributed by atoms with Crippen molar-refractivity contribution in [2.75, 3.05) is 9.80 Å². The van der Waals surface area contributed by atoms with Crippen LogP contribution in [-0.4, -0.2) is 0 Å². The normalized spacial score (nSPS) is 14.8. The maximum Gasteiger partial charge on any atom is 0.0546 e. The molecule has 0 amide bonds. The molecule has 0 radical (unpaired) electrons. The average Bonchev–Trinajstić information content (AvgIpc) is 3.26. The van der Waals surface area contributed by atoms with Crippen LogP contribution in [0.5, 0.6) is 0 Å². The number of para-hydroxylation sites is 4. The zero-order valence-electron chi connectivity index (χ0n) is 33.4. The Labute approximate surface area is 341 Å². The first-order chi connectivity index (χ1) is 28.4. The van der Waals surface area contributed by atoms with E-state index in [4.69, 9.17) is 0 Å². The summed E-state index contributed by atoms with van der Waals surface area (Å²) in [5, 5.41) is 4.92. The number of benzene rings is 9. The molecule has 0 unspecified atom stereocenters. The van der Waals surface area contributed by atoms with Gasteiger partial charge in [0.25, 0.3) is 0 Å². The Bertz CT molecular complexity index is 2760. The van der Waals surface area contributed by atoms with Crippen LogP contribution in [0.4, 0.5) is 34.1 Å². The molecule has 0 saturated carbocycles. The van der Waals surface area contributed by atoms with E-state index in [0.717, 1.165) is 0 Å². The molecule has 0 atom stereocenters. The average molecular weight is 745 g/mol. The van der Waals surface area contributed by atoms with Gasteiger partial charge in [-0.15, -0.1) is 0 Å². The summed E-state index contributed by atoms with van der Waals surface area (Å²) in [5.41, 5.74) is 17.1. The van der Waals surface area contributed by atoms with Crippen LogP contribution in [0.25, 0.3) is 43.8 Å². The van der Waals surface area contributed by atoms with Gasteiger partial charge in [-0.25, -0.2) is 0 Å². The molecule has 2 heteroatoms. The second kappa shape index (κ2) is 12.8. The van der Waals surface area contributed by atoms with Crippen LogP contribution >= 0.6 is 0 Å². The molecular weight excluding hydrogens is 701 g/mol. The van der Waals surface area contributed by atoms with Crippen molar-refractivity contribution in [2.24, 2.45) is 0 Å². The Balaban J connectivity index is 1.33. The minimum Gasteiger partial charge on any atom is -0.309 e. The van der Waals surface area contributed by atoms with Gasteiger partial charge in [-0.05, 0) is 91.7 Å². The van der Waals surface area contributed by atoms with E-state index in [2.05, 4.69) is 232 Å². The maximum absolute atomic E-state index is 2.54. The van der Waals surface area contributed by atoms with E-state index in [1.165, 1.54) is 100 Å². The SMILES string of the molecule is CC1(C)c2ccccc2N(c2cccc3c(-c4ccccc4)c4c(N5c6ccccc6C(C)(C)c6ccccc65)cccc4c(-c4ccccc4)c23)c2ccccc21. The lowest BCUT2D eigenvalue weighted by atomic mass is 9.73. The van der Waals surface area contributed by atoms with Gasteiger partial charge >= 0.3 is 0 Å². The molecule has 0 N–H and O–H groups in total. The lowest BCUT2D eigenvalue weighted by molar-refractivity contribution is 0.632.